The van der Waals surface area contributed by atoms with E-state index in [4.69, 9.17) is 5.73 Å². The van der Waals surface area contributed by atoms with Crippen molar-refractivity contribution >= 4 is 28.5 Å². The van der Waals surface area contributed by atoms with E-state index in [2.05, 4.69) is 35.1 Å². The Balaban J connectivity index is 1.43. The maximum Gasteiger partial charge on any atom is 0.143 e. The SMILES string of the molecule is Nc1cc(-c2c[nH]c3ncnc(NCc4cccc(N5CC(O)C5)n4)c23)ccn1. The van der Waals surface area contributed by atoms with E-state index in [1.807, 2.05) is 36.5 Å². The maximum absolute atomic E-state index is 9.51. The fourth-order valence-electron chi connectivity index (χ4n) is 3.50. The number of rotatable bonds is 5. The van der Waals surface area contributed by atoms with Gasteiger partial charge in [-0.05, 0) is 29.8 Å². The lowest BCUT2D eigenvalue weighted by atomic mass is 10.1. The molecule has 5 heterocycles. The van der Waals surface area contributed by atoms with E-state index < -0.39 is 0 Å². The zero-order chi connectivity index (χ0) is 19.8. The van der Waals surface area contributed by atoms with Crippen molar-refractivity contribution in [3.63, 3.8) is 0 Å². The highest BCUT2D eigenvalue weighted by molar-refractivity contribution is 6.01. The van der Waals surface area contributed by atoms with Gasteiger partial charge in [0.25, 0.3) is 0 Å². The minimum absolute atomic E-state index is 0.262. The number of nitrogens with two attached hydrogens (primary N) is 1. The number of nitrogens with one attached hydrogen (secondary N) is 2. The van der Waals surface area contributed by atoms with Gasteiger partial charge >= 0.3 is 0 Å². The molecular weight excluding hydrogens is 368 g/mol. The molecule has 4 aromatic heterocycles. The Bertz CT molecular complexity index is 1170. The summed E-state index contributed by atoms with van der Waals surface area (Å²) in [5.74, 6) is 2.05. The molecule has 0 spiro atoms. The van der Waals surface area contributed by atoms with Crippen molar-refractivity contribution in [2.45, 2.75) is 12.6 Å². The molecule has 0 saturated carbocycles. The molecule has 4 aromatic rings. The molecule has 146 valence electrons. The van der Waals surface area contributed by atoms with Crippen LogP contribution in [0.4, 0.5) is 17.5 Å². The summed E-state index contributed by atoms with van der Waals surface area (Å²) in [4.78, 5) is 22.7. The van der Waals surface area contributed by atoms with E-state index in [1.165, 1.54) is 6.33 Å². The van der Waals surface area contributed by atoms with Crippen LogP contribution >= 0.6 is 0 Å². The molecule has 1 aliphatic heterocycles. The van der Waals surface area contributed by atoms with E-state index in [-0.39, 0.29) is 6.10 Å². The minimum Gasteiger partial charge on any atom is -0.389 e. The van der Waals surface area contributed by atoms with Gasteiger partial charge in [-0.2, -0.15) is 0 Å². The number of nitrogens with zero attached hydrogens (tertiary/aromatic N) is 5. The molecule has 9 heteroatoms. The van der Waals surface area contributed by atoms with Crippen LogP contribution in [0.3, 0.4) is 0 Å². The number of fused-ring (bicyclic) bond motifs is 1. The summed E-state index contributed by atoms with van der Waals surface area (Å²) in [7, 11) is 0. The van der Waals surface area contributed by atoms with Gasteiger partial charge in [-0.25, -0.2) is 19.9 Å². The van der Waals surface area contributed by atoms with E-state index >= 15 is 0 Å². The lowest BCUT2D eigenvalue weighted by molar-refractivity contribution is 0.141. The Kier molecular flexibility index (Phi) is 4.21. The molecular formula is C20H20N8O. The molecule has 1 aliphatic rings. The van der Waals surface area contributed by atoms with Gasteiger partial charge in [-0.1, -0.05) is 6.07 Å². The van der Waals surface area contributed by atoms with E-state index in [9.17, 15) is 5.11 Å². The third kappa shape index (κ3) is 3.32. The van der Waals surface area contributed by atoms with Crippen molar-refractivity contribution in [3.05, 3.63) is 54.7 Å². The quantitative estimate of drug-likeness (QED) is 0.407. The molecule has 1 fully saturated rings. The molecule has 5 rings (SSSR count). The minimum atomic E-state index is -0.262. The number of aromatic amines is 1. The summed E-state index contributed by atoms with van der Waals surface area (Å²) in [6, 6.07) is 9.62. The first-order valence-electron chi connectivity index (χ1n) is 9.34. The van der Waals surface area contributed by atoms with Crippen LogP contribution in [-0.4, -0.2) is 49.2 Å². The lowest BCUT2D eigenvalue weighted by Gasteiger charge is -2.36. The van der Waals surface area contributed by atoms with Gasteiger partial charge in [-0.3, -0.25) is 0 Å². The number of anilines is 3. The van der Waals surface area contributed by atoms with Crippen LogP contribution in [0.1, 0.15) is 5.69 Å². The highest BCUT2D eigenvalue weighted by Crippen LogP contribution is 2.32. The molecule has 0 radical (unpaired) electrons. The first-order valence-corrected chi connectivity index (χ1v) is 9.34. The first kappa shape index (κ1) is 17.4. The Morgan fingerprint density at radius 2 is 2.10 bits per heavy atom. The average molecular weight is 388 g/mol. The lowest BCUT2D eigenvalue weighted by Crippen LogP contribution is -2.51. The van der Waals surface area contributed by atoms with Crippen LogP contribution in [0.2, 0.25) is 0 Å². The third-order valence-corrected chi connectivity index (χ3v) is 4.98. The third-order valence-electron chi connectivity index (χ3n) is 4.98. The number of aromatic nitrogens is 5. The van der Waals surface area contributed by atoms with Crippen LogP contribution in [0.5, 0.6) is 0 Å². The van der Waals surface area contributed by atoms with Gasteiger partial charge in [0.15, 0.2) is 0 Å². The Labute approximate surface area is 166 Å². The molecule has 0 aliphatic carbocycles. The Morgan fingerprint density at radius 3 is 2.93 bits per heavy atom. The molecule has 0 unspecified atom stereocenters. The highest BCUT2D eigenvalue weighted by Gasteiger charge is 2.25. The van der Waals surface area contributed by atoms with Gasteiger partial charge in [0.1, 0.15) is 29.4 Å². The summed E-state index contributed by atoms with van der Waals surface area (Å²) < 4.78 is 0. The predicted octanol–water partition coefficient (Wildman–Crippen LogP) is 1.79. The average Bonchev–Trinajstić information content (AvgIpc) is 3.15. The summed E-state index contributed by atoms with van der Waals surface area (Å²) in [5, 5.41) is 13.8. The van der Waals surface area contributed by atoms with E-state index in [0.29, 0.717) is 31.3 Å². The smallest absolute Gasteiger partial charge is 0.143 e. The number of aliphatic hydroxyl groups excluding tert-OH is 1. The molecule has 5 N–H and O–H groups in total. The zero-order valence-corrected chi connectivity index (χ0v) is 15.6. The monoisotopic (exact) mass is 388 g/mol. The standard InChI is InChI=1S/C20H20N8O/c21-16-6-12(4-5-22-16)15-8-24-20-18(15)19(25-11-26-20)23-7-13-2-1-3-17(27-13)28-9-14(29)10-28/h1-6,8,11,14,29H,7,9-10H2,(H2,21,22)(H2,23,24,25,26). The van der Waals surface area contributed by atoms with Gasteiger partial charge < -0.3 is 26.0 Å². The van der Waals surface area contributed by atoms with Crippen LogP contribution < -0.4 is 16.0 Å². The van der Waals surface area contributed by atoms with Gasteiger partial charge in [0.2, 0.25) is 0 Å². The fraction of sp³-hybridized carbons (Fsp3) is 0.200. The van der Waals surface area contributed by atoms with Crippen molar-refractivity contribution in [2.24, 2.45) is 0 Å². The summed E-state index contributed by atoms with van der Waals surface area (Å²) in [6.45, 7) is 1.76. The van der Waals surface area contributed by atoms with Crippen LogP contribution in [0.25, 0.3) is 22.2 Å². The predicted molar refractivity (Wildman–Crippen MR) is 111 cm³/mol. The normalized spacial score (nSPS) is 14.2. The van der Waals surface area contributed by atoms with Gasteiger partial charge in [-0.15, -0.1) is 0 Å². The molecule has 9 nitrogen and oxygen atoms in total. The van der Waals surface area contributed by atoms with E-state index in [0.717, 1.165) is 33.7 Å². The summed E-state index contributed by atoms with van der Waals surface area (Å²) >= 11 is 0. The molecule has 29 heavy (non-hydrogen) atoms. The molecule has 0 aromatic carbocycles. The second kappa shape index (κ2) is 7.02. The molecule has 0 bridgehead atoms. The number of β-amino-alcohol motifs (C(OH)–C–C–N with tert-alkyl or cyclic N) is 1. The number of pyridine rings is 2. The molecule has 0 amide bonds. The van der Waals surface area contributed by atoms with Crippen molar-refractivity contribution in [2.75, 3.05) is 29.0 Å². The number of aliphatic hydroxyl groups is 1. The largest absolute Gasteiger partial charge is 0.389 e. The number of hydrogen-bond donors (Lipinski definition) is 4. The van der Waals surface area contributed by atoms with Crippen molar-refractivity contribution in [1.82, 2.24) is 24.9 Å². The van der Waals surface area contributed by atoms with Crippen LogP contribution in [0, 0.1) is 0 Å². The zero-order valence-electron chi connectivity index (χ0n) is 15.6. The Morgan fingerprint density at radius 1 is 1.21 bits per heavy atom. The summed E-state index contributed by atoms with van der Waals surface area (Å²) in [5.41, 5.74) is 9.37. The van der Waals surface area contributed by atoms with Crippen LogP contribution in [0.15, 0.2) is 49.1 Å². The van der Waals surface area contributed by atoms with Gasteiger partial charge in [0.05, 0.1) is 23.7 Å². The van der Waals surface area contributed by atoms with Gasteiger partial charge in [0, 0.05) is 31.0 Å². The highest BCUT2D eigenvalue weighted by atomic mass is 16.3. The Hall–Kier alpha value is -3.72. The molecule has 1 saturated heterocycles. The first-order chi connectivity index (χ1) is 14.2. The van der Waals surface area contributed by atoms with Crippen molar-refractivity contribution in [3.8, 4) is 11.1 Å². The number of nitrogen functional groups attached to an aromatic ring is 1. The topological polar surface area (TPSA) is 129 Å². The second-order valence-electron chi connectivity index (χ2n) is 7.02. The fourth-order valence-corrected chi connectivity index (χ4v) is 3.50. The number of hydrogen-bond acceptors (Lipinski definition) is 8. The summed E-state index contributed by atoms with van der Waals surface area (Å²) in [6.07, 6.45) is 4.84. The molecule has 0 atom stereocenters. The number of H-pyrrole nitrogens is 1. The van der Waals surface area contributed by atoms with E-state index in [1.54, 1.807) is 6.20 Å². The second-order valence-corrected chi connectivity index (χ2v) is 7.02. The van der Waals surface area contributed by atoms with Crippen molar-refractivity contribution in [1.29, 1.82) is 0 Å². The maximum atomic E-state index is 9.51. The van der Waals surface area contributed by atoms with Crippen molar-refractivity contribution < 1.29 is 5.11 Å². The van der Waals surface area contributed by atoms with Crippen LogP contribution in [-0.2, 0) is 6.54 Å².